The van der Waals surface area contributed by atoms with E-state index in [9.17, 15) is 9.59 Å². The van der Waals surface area contributed by atoms with Crippen LogP contribution in [0.4, 0.5) is 0 Å². The molecule has 0 aromatic carbocycles. The molecule has 72 valence electrons. The molecule has 13 heavy (non-hydrogen) atoms. The highest BCUT2D eigenvalue weighted by Crippen LogP contribution is 2.39. The summed E-state index contributed by atoms with van der Waals surface area (Å²) in [6.07, 6.45) is -0.395. The predicted octanol–water partition coefficient (Wildman–Crippen LogP) is 1.47. The van der Waals surface area contributed by atoms with Gasteiger partial charge in [-0.25, -0.2) is 4.79 Å². The van der Waals surface area contributed by atoms with Crippen molar-refractivity contribution in [1.29, 1.82) is 0 Å². The van der Waals surface area contributed by atoms with Gasteiger partial charge < -0.3 is 9.84 Å². The fourth-order valence-electron chi connectivity index (χ4n) is 1.02. The van der Waals surface area contributed by atoms with E-state index < -0.39 is 24.0 Å². The van der Waals surface area contributed by atoms with E-state index in [1.807, 2.05) is 0 Å². The zero-order valence-electron chi connectivity index (χ0n) is 6.63. The zero-order chi connectivity index (χ0) is 10.2. The van der Waals surface area contributed by atoms with Crippen LogP contribution < -0.4 is 0 Å². The molecule has 4 nitrogen and oxygen atoms in total. The zero-order valence-corrected chi connectivity index (χ0v) is 8.15. The molecule has 1 aliphatic heterocycles. The van der Waals surface area contributed by atoms with Gasteiger partial charge in [-0.15, -0.1) is 0 Å². The summed E-state index contributed by atoms with van der Waals surface area (Å²) >= 11 is 11.1. The number of carbonyl (C=O) groups excluding carboxylic acids is 1. The van der Waals surface area contributed by atoms with Crippen LogP contribution in [0.1, 0.15) is 13.3 Å². The Balaban J connectivity index is 2.96. The molecule has 1 unspecified atom stereocenters. The van der Waals surface area contributed by atoms with Crippen LogP contribution in [0.3, 0.4) is 0 Å². The van der Waals surface area contributed by atoms with Crippen molar-refractivity contribution in [1.82, 2.24) is 0 Å². The fourth-order valence-corrected chi connectivity index (χ4v) is 1.44. The summed E-state index contributed by atoms with van der Waals surface area (Å²) in [5.41, 5.74) is -1.32. The Morgan fingerprint density at radius 3 is 2.46 bits per heavy atom. The maximum atomic E-state index is 10.9. The number of cyclic esters (lactones) is 1. The number of carboxylic acids is 1. The van der Waals surface area contributed by atoms with Gasteiger partial charge in [0.1, 0.15) is 5.03 Å². The van der Waals surface area contributed by atoms with Gasteiger partial charge in [0, 0.05) is 0 Å². The van der Waals surface area contributed by atoms with Crippen LogP contribution >= 0.6 is 23.2 Å². The number of hydrogen-bond acceptors (Lipinski definition) is 3. The van der Waals surface area contributed by atoms with Crippen LogP contribution in [0.2, 0.25) is 0 Å². The normalized spacial score (nSPS) is 27.8. The molecule has 1 rings (SSSR count). The topological polar surface area (TPSA) is 63.6 Å². The SMILES string of the molecule is CC1(CC(=O)O)OC(=O)C(Cl)=C1Cl. The highest BCUT2D eigenvalue weighted by atomic mass is 35.5. The number of carbonyl (C=O) groups is 2. The van der Waals surface area contributed by atoms with Crippen LogP contribution in [0.15, 0.2) is 10.1 Å². The van der Waals surface area contributed by atoms with E-state index >= 15 is 0 Å². The Morgan fingerprint density at radius 2 is 2.15 bits per heavy atom. The summed E-state index contributed by atoms with van der Waals surface area (Å²) in [5.74, 6) is -1.89. The molecule has 0 amide bonds. The molecular weight excluding hydrogens is 219 g/mol. The lowest BCUT2D eigenvalue weighted by molar-refractivity contribution is -0.151. The molecule has 0 fully saturated rings. The number of rotatable bonds is 2. The lowest BCUT2D eigenvalue weighted by Gasteiger charge is -2.20. The summed E-state index contributed by atoms with van der Waals surface area (Å²) < 4.78 is 4.73. The Morgan fingerprint density at radius 1 is 1.62 bits per heavy atom. The van der Waals surface area contributed by atoms with Crippen molar-refractivity contribution in [3.8, 4) is 0 Å². The van der Waals surface area contributed by atoms with Gasteiger partial charge in [0.25, 0.3) is 0 Å². The third-order valence-electron chi connectivity index (χ3n) is 1.64. The van der Waals surface area contributed by atoms with Crippen molar-refractivity contribution in [2.75, 3.05) is 0 Å². The largest absolute Gasteiger partial charge is 0.481 e. The molecule has 6 heteroatoms. The number of aliphatic carboxylic acids is 1. The molecule has 1 N–H and O–H groups in total. The Kier molecular flexibility index (Phi) is 2.54. The van der Waals surface area contributed by atoms with E-state index in [2.05, 4.69) is 0 Å². The number of esters is 1. The lowest BCUT2D eigenvalue weighted by Crippen LogP contribution is -2.29. The Bertz CT molecular complexity index is 310. The first kappa shape index (κ1) is 10.3. The molecule has 0 radical (unpaired) electrons. The van der Waals surface area contributed by atoms with Crippen LogP contribution in [0, 0.1) is 0 Å². The summed E-state index contributed by atoms with van der Waals surface area (Å²) in [4.78, 5) is 21.3. The van der Waals surface area contributed by atoms with Gasteiger partial charge in [-0.2, -0.15) is 0 Å². The van der Waals surface area contributed by atoms with Gasteiger partial charge in [0.2, 0.25) is 0 Å². The molecule has 0 aromatic heterocycles. The molecular formula is C7H6Cl2O4. The first-order valence-corrected chi connectivity index (χ1v) is 4.13. The standard InChI is InChI=1S/C7H6Cl2O4/c1-7(2-3(10)11)5(9)4(8)6(12)13-7/h2H2,1H3,(H,10,11). The highest BCUT2D eigenvalue weighted by Gasteiger charge is 2.44. The molecule has 1 heterocycles. The van der Waals surface area contributed by atoms with Crippen molar-refractivity contribution in [2.24, 2.45) is 0 Å². The summed E-state index contributed by atoms with van der Waals surface area (Å²) in [6.45, 7) is 1.40. The van der Waals surface area contributed by atoms with Gasteiger partial charge in [-0.1, -0.05) is 23.2 Å². The fraction of sp³-hybridized carbons (Fsp3) is 0.429. The third kappa shape index (κ3) is 1.78. The molecule has 1 atom stereocenters. The number of hydrogen-bond donors (Lipinski definition) is 1. The Hall–Kier alpha value is -0.740. The molecule has 0 saturated heterocycles. The van der Waals surface area contributed by atoms with Crippen LogP contribution in [0.5, 0.6) is 0 Å². The highest BCUT2D eigenvalue weighted by molar-refractivity contribution is 6.49. The smallest absolute Gasteiger partial charge is 0.352 e. The van der Waals surface area contributed by atoms with Crippen molar-refractivity contribution in [3.63, 3.8) is 0 Å². The maximum Gasteiger partial charge on any atom is 0.352 e. The first-order valence-electron chi connectivity index (χ1n) is 3.38. The summed E-state index contributed by atoms with van der Waals surface area (Å²) in [6, 6.07) is 0. The average molecular weight is 225 g/mol. The molecule has 0 aliphatic carbocycles. The van der Waals surface area contributed by atoms with Gasteiger partial charge >= 0.3 is 11.9 Å². The quantitative estimate of drug-likeness (QED) is 0.722. The minimum absolute atomic E-state index is 0.0541. The van der Waals surface area contributed by atoms with Crippen LogP contribution in [-0.4, -0.2) is 22.6 Å². The maximum absolute atomic E-state index is 10.9. The summed E-state index contributed by atoms with van der Waals surface area (Å²) in [7, 11) is 0. The lowest BCUT2D eigenvalue weighted by atomic mass is 10.0. The van der Waals surface area contributed by atoms with Gasteiger partial charge in [-0.05, 0) is 6.92 Å². The first-order chi connectivity index (χ1) is 5.87. The summed E-state index contributed by atoms with van der Waals surface area (Å²) in [5, 5.41) is 8.21. The van der Waals surface area contributed by atoms with E-state index in [0.717, 1.165) is 0 Å². The van der Waals surface area contributed by atoms with Crippen molar-refractivity contribution < 1.29 is 19.4 Å². The van der Waals surface area contributed by atoms with Crippen LogP contribution in [0.25, 0.3) is 0 Å². The second-order valence-electron chi connectivity index (χ2n) is 2.82. The number of halogens is 2. The number of ether oxygens (including phenoxy) is 1. The minimum Gasteiger partial charge on any atom is -0.481 e. The van der Waals surface area contributed by atoms with Crippen molar-refractivity contribution >= 4 is 35.1 Å². The van der Waals surface area contributed by atoms with Crippen LogP contribution in [-0.2, 0) is 14.3 Å². The molecule has 0 spiro atoms. The molecule has 0 aromatic rings. The molecule has 0 bridgehead atoms. The van der Waals surface area contributed by atoms with Crippen molar-refractivity contribution in [2.45, 2.75) is 18.9 Å². The van der Waals surface area contributed by atoms with E-state index in [4.69, 9.17) is 33.0 Å². The van der Waals surface area contributed by atoms with E-state index in [-0.39, 0.29) is 10.1 Å². The average Bonchev–Trinajstić information content (AvgIpc) is 2.14. The monoisotopic (exact) mass is 224 g/mol. The third-order valence-corrected chi connectivity index (χ3v) is 2.67. The molecule has 1 aliphatic rings. The second kappa shape index (κ2) is 3.20. The minimum atomic E-state index is -1.32. The second-order valence-corrected chi connectivity index (χ2v) is 3.57. The number of carboxylic acid groups (broad SMARTS) is 1. The van der Waals surface area contributed by atoms with E-state index in [0.29, 0.717) is 0 Å². The van der Waals surface area contributed by atoms with Gasteiger partial charge in [0.15, 0.2) is 5.60 Å². The Labute approximate surface area is 84.1 Å². The van der Waals surface area contributed by atoms with Gasteiger partial charge in [-0.3, -0.25) is 4.79 Å². The van der Waals surface area contributed by atoms with Gasteiger partial charge in [0.05, 0.1) is 11.5 Å². The molecule has 0 saturated carbocycles. The van der Waals surface area contributed by atoms with Crippen molar-refractivity contribution in [3.05, 3.63) is 10.1 Å². The predicted molar refractivity (Wildman–Crippen MR) is 45.5 cm³/mol. The van der Waals surface area contributed by atoms with E-state index in [1.54, 1.807) is 0 Å². The van der Waals surface area contributed by atoms with E-state index in [1.165, 1.54) is 6.92 Å².